The largest absolute Gasteiger partial charge is 0.354 e. The summed E-state index contributed by atoms with van der Waals surface area (Å²) in [6.07, 6.45) is 0.448. The molecule has 2 aliphatic heterocycles. The molecule has 0 saturated carbocycles. The minimum Gasteiger partial charge on any atom is -0.354 e. The number of hydrogen-bond donors (Lipinski definition) is 1. The zero-order chi connectivity index (χ0) is 11.8. The summed E-state index contributed by atoms with van der Waals surface area (Å²) in [5.41, 5.74) is 2.44. The van der Waals surface area contributed by atoms with Gasteiger partial charge in [-0.05, 0) is 11.1 Å². The molecule has 1 N–H and O–H groups in total. The van der Waals surface area contributed by atoms with Crippen LogP contribution in [0.5, 0.6) is 0 Å². The van der Waals surface area contributed by atoms with E-state index in [2.05, 4.69) is 17.4 Å². The fraction of sp³-hybridized carbons (Fsp3) is 0.385. The number of hydrogen-bond acceptors (Lipinski definition) is 3. The predicted molar refractivity (Wildman–Crippen MR) is 62.1 cm³/mol. The van der Waals surface area contributed by atoms with E-state index in [0.29, 0.717) is 26.1 Å². The Bertz CT molecular complexity index is 443. The zero-order valence-electron chi connectivity index (χ0n) is 9.48. The maximum absolute atomic E-state index is 11.8. The minimum atomic E-state index is -0.587. The summed E-state index contributed by atoms with van der Waals surface area (Å²) in [5.74, 6) is -0.101. The van der Waals surface area contributed by atoms with E-state index in [1.807, 2.05) is 17.0 Å². The van der Waals surface area contributed by atoms with Crippen LogP contribution in [0.4, 0.5) is 0 Å². The second kappa shape index (κ2) is 3.96. The van der Waals surface area contributed by atoms with Crippen LogP contribution in [0.15, 0.2) is 24.3 Å². The van der Waals surface area contributed by atoms with Crippen molar-refractivity contribution in [1.29, 1.82) is 0 Å². The molecule has 4 nitrogen and oxygen atoms in total. The lowest BCUT2D eigenvalue weighted by Crippen LogP contribution is -2.54. The van der Waals surface area contributed by atoms with Gasteiger partial charge in [-0.25, -0.2) is 0 Å². The van der Waals surface area contributed by atoms with Crippen molar-refractivity contribution in [3.63, 3.8) is 0 Å². The zero-order valence-corrected chi connectivity index (χ0v) is 9.48. The van der Waals surface area contributed by atoms with Crippen molar-refractivity contribution in [3.8, 4) is 0 Å². The quantitative estimate of drug-likeness (QED) is 0.713. The van der Waals surface area contributed by atoms with E-state index in [-0.39, 0.29) is 11.7 Å². The molecule has 1 fully saturated rings. The molecule has 88 valence electrons. The lowest BCUT2D eigenvalue weighted by Gasteiger charge is -2.28. The Morgan fingerprint density at radius 2 is 1.76 bits per heavy atom. The topological polar surface area (TPSA) is 49.4 Å². The first-order valence-electron chi connectivity index (χ1n) is 5.87. The highest BCUT2D eigenvalue weighted by Gasteiger charge is 2.37. The molecule has 0 spiro atoms. The molecule has 0 aromatic heterocycles. The lowest BCUT2D eigenvalue weighted by atomic mass is 10.0. The summed E-state index contributed by atoms with van der Waals surface area (Å²) in [5, 5.41) is 2.76. The molecule has 1 saturated heterocycles. The number of amides is 1. The van der Waals surface area contributed by atoms with Gasteiger partial charge in [-0.2, -0.15) is 0 Å². The van der Waals surface area contributed by atoms with Gasteiger partial charge in [0.15, 0.2) is 5.78 Å². The molecule has 1 aromatic rings. The van der Waals surface area contributed by atoms with Crippen LogP contribution in [0.3, 0.4) is 0 Å². The number of carbonyl (C=O) groups is 2. The van der Waals surface area contributed by atoms with Crippen molar-refractivity contribution in [2.24, 2.45) is 0 Å². The van der Waals surface area contributed by atoms with Crippen molar-refractivity contribution in [2.75, 3.05) is 6.54 Å². The standard InChI is InChI=1S/C13H14N2O2/c16-11-5-6-14-13(17)12(11)15-7-9-3-1-2-4-10(9)8-15/h1-4,12H,5-8H2,(H,14,17). The van der Waals surface area contributed by atoms with E-state index >= 15 is 0 Å². The fourth-order valence-electron chi connectivity index (χ4n) is 2.60. The number of rotatable bonds is 1. The van der Waals surface area contributed by atoms with Crippen LogP contribution in [0.2, 0.25) is 0 Å². The van der Waals surface area contributed by atoms with Gasteiger partial charge in [0.2, 0.25) is 5.91 Å². The summed E-state index contributed by atoms with van der Waals surface area (Å²) >= 11 is 0. The summed E-state index contributed by atoms with van der Waals surface area (Å²) in [6.45, 7) is 1.87. The average molecular weight is 230 g/mol. The third-order valence-corrected chi connectivity index (χ3v) is 3.45. The van der Waals surface area contributed by atoms with E-state index in [0.717, 1.165) is 0 Å². The maximum atomic E-state index is 11.8. The maximum Gasteiger partial charge on any atom is 0.245 e. The summed E-state index contributed by atoms with van der Waals surface area (Å²) in [7, 11) is 0. The molecule has 2 heterocycles. The summed E-state index contributed by atoms with van der Waals surface area (Å²) in [4.78, 5) is 25.6. The molecule has 1 aromatic carbocycles. The third kappa shape index (κ3) is 1.74. The fourth-order valence-corrected chi connectivity index (χ4v) is 2.60. The van der Waals surface area contributed by atoms with Crippen LogP contribution in [0.1, 0.15) is 17.5 Å². The van der Waals surface area contributed by atoms with E-state index in [9.17, 15) is 9.59 Å². The highest BCUT2D eigenvalue weighted by Crippen LogP contribution is 2.25. The summed E-state index contributed by atoms with van der Waals surface area (Å²) < 4.78 is 0. The highest BCUT2D eigenvalue weighted by atomic mass is 16.2. The Hall–Kier alpha value is -1.68. The smallest absolute Gasteiger partial charge is 0.245 e. The Labute approximate surface area is 99.6 Å². The minimum absolute atomic E-state index is 0.0431. The van der Waals surface area contributed by atoms with E-state index < -0.39 is 6.04 Å². The SMILES string of the molecule is O=C1CCNC(=O)C1N1Cc2ccccc2C1. The summed E-state index contributed by atoms with van der Waals surface area (Å²) in [6, 6.07) is 7.51. The molecule has 1 amide bonds. The number of benzene rings is 1. The normalized spacial score (nSPS) is 24.6. The van der Waals surface area contributed by atoms with Crippen molar-refractivity contribution < 1.29 is 9.59 Å². The Morgan fingerprint density at radius 3 is 2.35 bits per heavy atom. The van der Waals surface area contributed by atoms with Gasteiger partial charge >= 0.3 is 0 Å². The molecular weight excluding hydrogens is 216 g/mol. The first-order chi connectivity index (χ1) is 8.25. The van der Waals surface area contributed by atoms with Gasteiger partial charge in [-0.3, -0.25) is 14.5 Å². The van der Waals surface area contributed by atoms with Gasteiger partial charge < -0.3 is 5.32 Å². The number of carbonyl (C=O) groups excluding carboxylic acids is 2. The third-order valence-electron chi connectivity index (χ3n) is 3.45. The molecule has 1 atom stereocenters. The molecule has 17 heavy (non-hydrogen) atoms. The number of ketones is 1. The first kappa shape index (κ1) is 10.5. The van der Waals surface area contributed by atoms with Crippen LogP contribution in [0.25, 0.3) is 0 Å². The average Bonchev–Trinajstić information content (AvgIpc) is 2.71. The second-order valence-electron chi connectivity index (χ2n) is 4.58. The molecule has 3 rings (SSSR count). The van der Waals surface area contributed by atoms with Crippen LogP contribution in [0, 0.1) is 0 Å². The monoisotopic (exact) mass is 230 g/mol. The van der Waals surface area contributed by atoms with Gasteiger partial charge in [0.05, 0.1) is 0 Å². The predicted octanol–water partition coefficient (Wildman–Crippen LogP) is 0.460. The Morgan fingerprint density at radius 1 is 1.12 bits per heavy atom. The molecule has 1 unspecified atom stereocenters. The van der Waals surface area contributed by atoms with Crippen LogP contribution in [-0.2, 0) is 22.7 Å². The number of Topliss-reactive ketones (excluding diaryl/α,β-unsaturated/α-hetero) is 1. The van der Waals surface area contributed by atoms with E-state index in [1.54, 1.807) is 0 Å². The lowest BCUT2D eigenvalue weighted by molar-refractivity contribution is -0.138. The van der Waals surface area contributed by atoms with Crippen molar-refractivity contribution in [2.45, 2.75) is 25.6 Å². The number of piperidine rings is 1. The van der Waals surface area contributed by atoms with Crippen LogP contribution < -0.4 is 5.32 Å². The van der Waals surface area contributed by atoms with Gasteiger partial charge in [0.25, 0.3) is 0 Å². The van der Waals surface area contributed by atoms with E-state index in [4.69, 9.17) is 0 Å². The van der Waals surface area contributed by atoms with Crippen molar-refractivity contribution in [1.82, 2.24) is 10.2 Å². The van der Waals surface area contributed by atoms with Gasteiger partial charge in [0, 0.05) is 26.1 Å². The Balaban J connectivity index is 1.84. The Kier molecular flexibility index (Phi) is 2.44. The van der Waals surface area contributed by atoms with Crippen molar-refractivity contribution in [3.05, 3.63) is 35.4 Å². The van der Waals surface area contributed by atoms with Gasteiger partial charge in [0.1, 0.15) is 6.04 Å². The molecular formula is C13H14N2O2. The number of fused-ring (bicyclic) bond motifs is 1. The molecule has 0 radical (unpaired) electrons. The molecule has 4 heteroatoms. The number of nitrogens with zero attached hydrogens (tertiary/aromatic N) is 1. The second-order valence-corrected chi connectivity index (χ2v) is 4.58. The highest BCUT2D eigenvalue weighted by molar-refractivity contribution is 6.07. The molecule has 0 bridgehead atoms. The molecule has 0 aliphatic carbocycles. The molecule has 2 aliphatic rings. The van der Waals surface area contributed by atoms with Gasteiger partial charge in [-0.1, -0.05) is 24.3 Å². The van der Waals surface area contributed by atoms with Crippen LogP contribution >= 0.6 is 0 Å². The number of nitrogens with one attached hydrogen (secondary N) is 1. The first-order valence-corrected chi connectivity index (χ1v) is 5.87. The van der Waals surface area contributed by atoms with Gasteiger partial charge in [-0.15, -0.1) is 0 Å². The van der Waals surface area contributed by atoms with Crippen molar-refractivity contribution >= 4 is 11.7 Å². The van der Waals surface area contributed by atoms with E-state index in [1.165, 1.54) is 11.1 Å². The van der Waals surface area contributed by atoms with Crippen LogP contribution in [-0.4, -0.2) is 29.2 Å².